The summed E-state index contributed by atoms with van der Waals surface area (Å²) in [6, 6.07) is 117. The molecule has 0 spiro atoms. The predicted octanol–water partition coefficient (Wildman–Crippen LogP) is 21.3. The Morgan fingerprint density at radius 3 is 1.02 bits per heavy atom. The van der Waals surface area contributed by atoms with E-state index in [4.69, 9.17) is 9.97 Å². The molecule has 4 aromatic heterocycles. The van der Waals surface area contributed by atoms with E-state index >= 15 is 0 Å². The van der Waals surface area contributed by atoms with Crippen LogP contribution in [-0.4, -0.2) is 23.7 Å². The molecule has 0 N–H and O–H groups in total. The molecule has 0 saturated carbocycles. The lowest BCUT2D eigenvalue weighted by molar-refractivity contribution is 0.972. The first kappa shape index (κ1) is 50.5. The highest BCUT2D eigenvalue weighted by molar-refractivity contribution is 6.14. The Bertz CT molecular complexity index is 5370. The molecule has 0 aliphatic carbocycles. The van der Waals surface area contributed by atoms with Crippen molar-refractivity contribution in [3.8, 4) is 17.5 Å². The molecule has 0 amide bonds. The van der Waals surface area contributed by atoms with Crippen molar-refractivity contribution in [2.75, 3.05) is 14.7 Å². The third kappa shape index (κ3) is 8.37. The minimum Gasteiger partial charge on any atom is -0.310 e. The fraction of sp³-hybridized carbons (Fsp3) is 0. The van der Waals surface area contributed by atoms with Crippen LogP contribution in [-0.2, 0) is 0 Å². The summed E-state index contributed by atoms with van der Waals surface area (Å²) in [5, 5.41) is 7.72. The van der Waals surface area contributed by atoms with Crippen molar-refractivity contribution in [2.45, 2.75) is 0 Å². The number of hydrogen-bond donors (Lipinski definition) is 0. The minimum atomic E-state index is 0.561. The quantitative estimate of drug-likeness (QED) is 0.122. The smallest absolute Gasteiger partial charge is 0.237 e. The second-order valence-electron chi connectivity index (χ2n) is 22.2. The molecule has 8 nitrogen and oxygen atoms in total. The van der Waals surface area contributed by atoms with Gasteiger partial charge in [-0.3, -0.25) is 9.13 Å². The second-order valence-corrected chi connectivity index (χ2v) is 22.2. The maximum Gasteiger partial charge on any atom is 0.237 e. The number of para-hydroxylation sites is 9. The van der Waals surface area contributed by atoms with Gasteiger partial charge in [-0.2, -0.15) is 4.98 Å². The van der Waals surface area contributed by atoms with Crippen LogP contribution in [0.15, 0.2) is 328 Å². The summed E-state index contributed by atoms with van der Waals surface area (Å²) in [5.41, 5.74) is 17.6. The van der Waals surface area contributed by atoms with Gasteiger partial charge in [0.25, 0.3) is 0 Å². The van der Waals surface area contributed by atoms with Crippen molar-refractivity contribution in [3.05, 3.63) is 328 Å². The van der Waals surface area contributed by atoms with E-state index in [0.29, 0.717) is 5.95 Å². The lowest BCUT2D eigenvalue weighted by atomic mass is 10.1. The van der Waals surface area contributed by atoms with Crippen LogP contribution in [0.1, 0.15) is 0 Å². The number of aromatic nitrogens is 5. The van der Waals surface area contributed by atoms with Crippen molar-refractivity contribution in [2.24, 2.45) is 0 Å². The van der Waals surface area contributed by atoms with Crippen LogP contribution in [0.5, 0.6) is 0 Å². The SMILES string of the molecule is c1ccc(N(c2ccccc2)c2ccc3c(c2)c2ccccc2n3-c2nc(-n3c4ccccc4c4ccc(N(c5ccccc5)c5ccccc5)cc43)nc3ccc(N(c4ccccc4)c4ccc5c6ccccc6n(-c6ccccc6)c5c4)cc23)cc1. The lowest BCUT2D eigenvalue weighted by Gasteiger charge is -2.26. The first-order valence-corrected chi connectivity index (χ1v) is 29.8. The maximum absolute atomic E-state index is 5.96. The molecule has 4 heterocycles. The molecular formula is C80H54N8. The summed E-state index contributed by atoms with van der Waals surface area (Å²) < 4.78 is 7.01. The highest BCUT2D eigenvalue weighted by Crippen LogP contribution is 2.45. The van der Waals surface area contributed by atoms with Crippen LogP contribution in [0.2, 0.25) is 0 Å². The van der Waals surface area contributed by atoms with Gasteiger partial charge in [-0.25, -0.2) is 4.98 Å². The summed E-state index contributed by atoms with van der Waals surface area (Å²) in [5.74, 6) is 1.32. The lowest BCUT2D eigenvalue weighted by Crippen LogP contribution is -2.12. The fourth-order valence-electron chi connectivity index (χ4n) is 13.3. The van der Waals surface area contributed by atoms with Gasteiger partial charge in [0, 0.05) is 94.6 Å². The number of benzene rings is 13. The summed E-state index contributed by atoms with van der Waals surface area (Å²) in [7, 11) is 0. The molecule has 13 aromatic carbocycles. The fourth-order valence-corrected chi connectivity index (χ4v) is 13.3. The molecule has 0 bridgehead atoms. The van der Waals surface area contributed by atoms with E-state index in [0.717, 1.165) is 128 Å². The maximum atomic E-state index is 5.96. The normalized spacial score (nSPS) is 11.6. The van der Waals surface area contributed by atoms with Crippen LogP contribution < -0.4 is 14.7 Å². The Morgan fingerprint density at radius 2 is 0.534 bits per heavy atom. The Labute approximate surface area is 508 Å². The highest BCUT2D eigenvalue weighted by atomic mass is 15.2. The van der Waals surface area contributed by atoms with Crippen molar-refractivity contribution < 1.29 is 0 Å². The van der Waals surface area contributed by atoms with Gasteiger partial charge in [-0.15, -0.1) is 0 Å². The molecule has 88 heavy (non-hydrogen) atoms. The molecule has 17 aromatic rings. The van der Waals surface area contributed by atoms with Crippen LogP contribution in [0, 0.1) is 0 Å². The number of hydrogen-bond acceptors (Lipinski definition) is 5. The Hall–Kier alpha value is -12.0. The Balaban J connectivity index is 0.932. The molecule has 8 heteroatoms. The molecule has 0 aliphatic heterocycles. The zero-order valence-electron chi connectivity index (χ0n) is 47.8. The van der Waals surface area contributed by atoms with Gasteiger partial charge in [-0.1, -0.05) is 176 Å². The topological polar surface area (TPSA) is 50.3 Å². The molecule has 0 fully saturated rings. The summed E-state index contributed by atoms with van der Waals surface area (Å²) >= 11 is 0. The van der Waals surface area contributed by atoms with Crippen LogP contribution in [0.4, 0.5) is 51.2 Å². The van der Waals surface area contributed by atoms with Crippen molar-refractivity contribution in [3.63, 3.8) is 0 Å². The number of nitrogens with zero attached hydrogens (tertiary/aromatic N) is 8. The predicted molar refractivity (Wildman–Crippen MR) is 367 cm³/mol. The molecule has 0 aliphatic rings. The average molecular weight is 1130 g/mol. The molecule has 0 atom stereocenters. The van der Waals surface area contributed by atoms with Gasteiger partial charge in [-0.05, 0) is 152 Å². The van der Waals surface area contributed by atoms with Crippen LogP contribution in [0.3, 0.4) is 0 Å². The van der Waals surface area contributed by atoms with Crippen molar-refractivity contribution in [1.82, 2.24) is 23.7 Å². The van der Waals surface area contributed by atoms with Crippen molar-refractivity contribution >= 4 is 128 Å². The Morgan fingerprint density at radius 1 is 0.205 bits per heavy atom. The zero-order valence-corrected chi connectivity index (χ0v) is 47.8. The zero-order chi connectivity index (χ0) is 58.1. The monoisotopic (exact) mass is 1130 g/mol. The molecule has 414 valence electrons. The van der Waals surface area contributed by atoms with Gasteiger partial charge >= 0.3 is 0 Å². The number of anilines is 9. The van der Waals surface area contributed by atoms with Gasteiger partial charge in [0.05, 0.1) is 38.6 Å². The van der Waals surface area contributed by atoms with Crippen LogP contribution >= 0.6 is 0 Å². The summed E-state index contributed by atoms with van der Waals surface area (Å²) in [6.45, 7) is 0. The third-order valence-electron chi connectivity index (χ3n) is 17.1. The standard InChI is InChI=1S/C80H54N8/c1-7-25-55(26-8-1)83(56-27-9-2-10-28-56)62-46-50-76-70(51-62)67-39-21-23-41-74(67)87(76)79-71-52-61(85(59-33-15-5-16-34-59)64-44-47-68-65-37-19-22-40-73(65)86(77(68)53-64)60-35-17-6-18-36-60)45-49-72(71)81-80(82-79)88-75-42-24-20-38-66(75)69-48-43-63(54-78(69)88)84(57-29-11-3-12-30-57)58-31-13-4-14-32-58/h1-54H. The molecule has 0 saturated heterocycles. The largest absolute Gasteiger partial charge is 0.310 e. The molecule has 0 radical (unpaired) electrons. The van der Waals surface area contributed by atoms with Gasteiger partial charge in [0.1, 0.15) is 0 Å². The van der Waals surface area contributed by atoms with E-state index in [1.54, 1.807) is 0 Å². The molecule has 17 rings (SSSR count). The Kier molecular flexibility index (Phi) is 12.0. The highest BCUT2D eigenvalue weighted by Gasteiger charge is 2.25. The van der Waals surface area contributed by atoms with Gasteiger partial charge in [0.2, 0.25) is 5.95 Å². The minimum absolute atomic E-state index is 0.561. The van der Waals surface area contributed by atoms with E-state index in [1.165, 1.54) is 10.8 Å². The van der Waals surface area contributed by atoms with E-state index in [-0.39, 0.29) is 0 Å². The number of fused-ring (bicyclic) bond motifs is 10. The van der Waals surface area contributed by atoms with E-state index < -0.39 is 0 Å². The van der Waals surface area contributed by atoms with Gasteiger partial charge in [0.15, 0.2) is 5.82 Å². The molecular weight excluding hydrogens is 1070 g/mol. The second kappa shape index (κ2) is 21.0. The summed E-state index contributed by atoms with van der Waals surface area (Å²) in [4.78, 5) is 18.7. The average Bonchev–Trinajstić information content (AvgIpc) is 1.76. The van der Waals surface area contributed by atoms with Crippen molar-refractivity contribution in [1.29, 1.82) is 0 Å². The van der Waals surface area contributed by atoms with E-state index in [2.05, 4.69) is 356 Å². The van der Waals surface area contributed by atoms with Gasteiger partial charge < -0.3 is 19.3 Å². The summed E-state index contributed by atoms with van der Waals surface area (Å²) in [6.07, 6.45) is 0. The first-order chi connectivity index (χ1) is 43.7. The third-order valence-corrected chi connectivity index (χ3v) is 17.1. The first-order valence-electron chi connectivity index (χ1n) is 29.8. The van der Waals surface area contributed by atoms with E-state index in [9.17, 15) is 0 Å². The van der Waals surface area contributed by atoms with Crippen LogP contribution in [0.25, 0.3) is 93.8 Å². The van der Waals surface area contributed by atoms with E-state index in [1.807, 2.05) is 0 Å². The number of rotatable bonds is 12. The molecule has 0 unspecified atom stereocenters.